The molecule has 0 unspecified atom stereocenters. The molecule has 0 bridgehead atoms. The summed E-state index contributed by atoms with van der Waals surface area (Å²) >= 11 is 0. The summed E-state index contributed by atoms with van der Waals surface area (Å²) in [6.07, 6.45) is 3.31. The van der Waals surface area contributed by atoms with Crippen LogP contribution in [0.25, 0.3) is 11.4 Å². The van der Waals surface area contributed by atoms with Gasteiger partial charge in [0.25, 0.3) is 0 Å². The molecule has 0 spiro atoms. The van der Waals surface area contributed by atoms with E-state index in [2.05, 4.69) is 42.5 Å². The van der Waals surface area contributed by atoms with Gasteiger partial charge < -0.3 is 10.2 Å². The summed E-state index contributed by atoms with van der Waals surface area (Å²) in [6.45, 7) is 4.97. The molecule has 1 aliphatic heterocycles. The van der Waals surface area contributed by atoms with E-state index in [1.165, 1.54) is 0 Å². The molecule has 1 aliphatic rings. The van der Waals surface area contributed by atoms with Crippen LogP contribution in [0.15, 0.2) is 18.5 Å². The van der Waals surface area contributed by atoms with Crippen molar-refractivity contribution in [2.45, 2.75) is 13.0 Å². The van der Waals surface area contributed by atoms with Gasteiger partial charge in [0.1, 0.15) is 0 Å². The molecular formula is C11H15N7. The van der Waals surface area contributed by atoms with Gasteiger partial charge >= 0.3 is 0 Å². The van der Waals surface area contributed by atoms with Crippen LogP contribution in [0.4, 0.5) is 5.95 Å². The number of nitrogens with zero attached hydrogens (tertiary/aromatic N) is 5. The third kappa shape index (κ3) is 2.17. The first-order chi connectivity index (χ1) is 8.83. The Hall–Kier alpha value is -2.02. The molecule has 7 heteroatoms. The number of hydrogen-bond acceptors (Lipinski definition) is 6. The van der Waals surface area contributed by atoms with Crippen molar-refractivity contribution >= 4 is 5.95 Å². The Morgan fingerprint density at radius 1 is 1.39 bits per heavy atom. The molecule has 2 aromatic rings. The third-order valence-electron chi connectivity index (χ3n) is 2.98. The van der Waals surface area contributed by atoms with Crippen molar-refractivity contribution in [1.82, 2.24) is 30.7 Å². The molecule has 18 heavy (non-hydrogen) atoms. The van der Waals surface area contributed by atoms with Crippen molar-refractivity contribution in [3.05, 3.63) is 18.5 Å². The number of nitrogens with one attached hydrogen (secondary N) is 2. The highest BCUT2D eigenvalue weighted by Gasteiger charge is 2.19. The zero-order valence-corrected chi connectivity index (χ0v) is 10.2. The molecule has 7 nitrogen and oxygen atoms in total. The monoisotopic (exact) mass is 245 g/mol. The molecule has 1 fully saturated rings. The van der Waals surface area contributed by atoms with E-state index in [1.54, 1.807) is 12.4 Å². The zero-order chi connectivity index (χ0) is 12.4. The zero-order valence-electron chi connectivity index (χ0n) is 10.2. The second kappa shape index (κ2) is 4.69. The van der Waals surface area contributed by atoms with Crippen molar-refractivity contribution < 1.29 is 0 Å². The summed E-state index contributed by atoms with van der Waals surface area (Å²) in [7, 11) is 0. The molecule has 0 amide bonds. The quantitative estimate of drug-likeness (QED) is 0.778. The molecule has 1 atom stereocenters. The SMILES string of the molecule is C[C@@H]1CN(c2n[nH]c(-c3ccnnc3)n2)CCN1. The minimum absolute atomic E-state index is 0.461. The van der Waals surface area contributed by atoms with E-state index >= 15 is 0 Å². The summed E-state index contributed by atoms with van der Waals surface area (Å²) in [5.41, 5.74) is 0.895. The van der Waals surface area contributed by atoms with Crippen LogP contribution in [0.2, 0.25) is 0 Å². The number of piperazine rings is 1. The van der Waals surface area contributed by atoms with Crippen LogP contribution >= 0.6 is 0 Å². The van der Waals surface area contributed by atoms with Gasteiger partial charge in [-0.25, -0.2) is 0 Å². The Labute approximate surface area is 105 Å². The topological polar surface area (TPSA) is 82.6 Å². The fourth-order valence-corrected chi connectivity index (χ4v) is 2.07. The summed E-state index contributed by atoms with van der Waals surface area (Å²) < 4.78 is 0. The highest BCUT2D eigenvalue weighted by atomic mass is 15.4. The number of aromatic amines is 1. The fourth-order valence-electron chi connectivity index (χ4n) is 2.07. The van der Waals surface area contributed by atoms with Gasteiger partial charge in [-0.15, -0.1) is 5.10 Å². The normalized spacial score (nSPS) is 20.1. The lowest BCUT2D eigenvalue weighted by Gasteiger charge is -2.30. The van der Waals surface area contributed by atoms with Gasteiger partial charge in [-0.1, -0.05) is 0 Å². The van der Waals surface area contributed by atoms with Gasteiger partial charge in [0, 0.05) is 31.2 Å². The van der Waals surface area contributed by atoms with Crippen molar-refractivity contribution in [1.29, 1.82) is 0 Å². The molecule has 0 radical (unpaired) electrons. The van der Waals surface area contributed by atoms with Crippen LogP contribution in [0.1, 0.15) is 6.92 Å². The van der Waals surface area contributed by atoms with Crippen molar-refractivity contribution in [2.24, 2.45) is 0 Å². The number of anilines is 1. The Kier molecular flexibility index (Phi) is 2.89. The minimum atomic E-state index is 0.461. The fraction of sp³-hybridized carbons (Fsp3) is 0.455. The number of H-pyrrole nitrogens is 1. The lowest BCUT2D eigenvalue weighted by atomic mass is 10.2. The van der Waals surface area contributed by atoms with E-state index in [0.29, 0.717) is 6.04 Å². The van der Waals surface area contributed by atoms with Crippen LogP contribution in [-0.4, -0.2) is 51.1 Å². The first-order valence-electron chi connectivity index (χ1n) is 6.01. The van der Waals surface area contributed by atoms with E-state index in [4.69, 9.17) is 0 Å². The predicted octanol–water partition coefficient (Wildman–Crippen LogP) is 0.0598. The molecule has 0 aliphatic carbocycles. The first kappa shape index (κ1) is 11.1. The van der Waals surface area contributed by atoms with Crippen LogP contribution in [-0.2, 0) is 0 Å². The van der Waals surface area contributed by atoms with Crippen LogP contribution in [0.3, 0.4) is 0 Å². The summed E-state index contributed by atoms with van der Waals surface area (Å²) in [4.78, 5) is 6.68. The maximum Gasteiger partial charge on any atom is 0.245 e. The molecule has 2 N–H and O–H groups in total. The average Bonchev–Trinajstić information content (AvgIpc) is 2.89. The summed E-state index contributed by atoms with van der Waals surface area (Å²) in [5.74, 6) is 1.47. The van der Waals surface area contributed by atoms with Gasteiger partial charge in [-0.3, -0.25) is 5.10 Å². The van der Waals surface area contributed by atoms with Crippen LogP contribution < -0.4 is 10.2 Å². The smallest absolute Gasteiger partial charge is 0.245 e. The first-order valence-corrected chi connectivity index (χ1v) is 6.01. The van der Waals surface area contributed by atoms with Crippen LogP contribution in [0.5, 0.6) is 0 Å². The molecule has 3 heterocycles. The second-order valence-electron chi connectivity index (χ2n) is 4.42. The third-order valence-corrected chi connectivity index (χ3v) is 2.98. The molecular weight excluding hydrogens is 230 g/mol. The van der Waals surface area contributed by atoms with Gasteiger partial charge in [0.2, 0.25) is 5.95 Å². The van der Waals surface area contributed by atoms with E-state index < -0.39 is 0 Å². The maximum atomic E-state index is 4.50. The van der Waals surface area contributed by atoms with Gasteiger partial charge in [-0.05, 0) is 13.0 Å². The Morgan fingerprint density at radius 3 is 3.11 bits per heavy atom. The Morgan fingerprint density at radius 2 is 2.33 bits per heavy atom. The maximum absolute atomic E-state index is 4.50. The van der Waals surface area contributed by atoms with E-state index in [-0.39, 0.29) is 0 Å². The predicted molar refractivity (Wildman–Crippen MR) is 67.1 cm³/mol. The van der Waals surface area contributed by atoms with E-state index in [1.807, 2.05) is 6.07 Å². The minimum Gasteiger partial charge on any atom is -0.337 e. The highest BCUT2D eigenvalue weighted by Crippen LogP contribution is 2.16. The molecule has 0 saturated carbocycles. The van der Waals surface area contributed by atoms with Gasteiger partial charge in [0.05, 0.1) is 12.4 Å². The number of rotatable bonds is 2. The van der Waals surface area contributed by atoms with E-state index in [9.17, 15) is 0 Å². The molecule has 0 aromatic carbocycles. The van der Waals surface area contributed by atoms with Crippen molar-refractivity contribution in [3.63, 3.8) is 0 Å². The number of aromatic nitrogens is 5. The largest absolute Gasteiger partial charge is 0.337 e. The lowest BCUT2D eigenvalue weighted by molar-refractivity contribution is 0.480. The standard InChI is InChI=1S/C11H15N7/c1-8-7-18(5-4-12-8)11-15-10(16-17-11)9-2-3-13-14-6-9/h2-3,6,8,12H,4-5,7H2,1H3,(H,15,16,17)/t8-/m1/s1. The molecule has 94 valence electrons. The van der Waals surface area contributed by atoms with Gasteiger partial charge in [0.15, 0.2) is 5.82 Å². The molecule has 3 rings (SSSR count). The second-order valence-corrected chi connectivity index (χ2v) is 4.42. The number of hydrogen-bond donors (Lipinski definition) is 2. The molecule has 1 saturated heterocycles. The van der Waals surface area contributed by atoms with Crippen molar-refractivity contribution in [2.75, 3.05) is 24.5 Å². The Balaban J connectivity index is 1.81. The summed E-state index contributed by atoms with van der Waals surface area (Å²) in [6, 6.07) is 2.32. The molecule has 2 aromatic heterocycles. The van der Waals surface area contributed by atoms with Crippen LogP contribution in [0, 0.1) is 0 Å². The summed E-state index contributed by atoms with van der Waals surface area (Å²) in [5, 5.41) is 18.2. The lowest BCUT2D eigenvalue weighted by Crippen LogP contribution is -2.49. The highest BCUT2D eigenvalue weighted by molar-refractivity contribution is 5.54. The van der Waals surface area contributed by atoms with Crippen molar-refractivity contribution in [3.8, 4) is 11.4 Å². The average molecular weight is 245 g/mol. The Bertz CT molecular complexity index is 509. The van der Waals surface area contributed by atoms with E-state index in [0.717, 1.165) is 37.0 Å². The van der Waals surface area contributed by atoms with Gasteiger partial charge in [-0.2, -0.15) is 15.2 Å².